The molecule has 1 fully saturated rings. The van der Waals surface area contributed by atoms with Gasteiger partial charge in [-0.05, 0) is 32.6 Å². The third kappa shape index (κ3) is 4.00. The Morgan fingerprint density at radius 2 is 1.81 bits per heavy atom. The second-order valence-corrected chi connectivity index (χ2v) is 5.23. The van der Waals surface area contributed by atoms with Crippen LogP contribution < -0.4 is 0 Å². The Morgan fingerprint density at radius 1 is 1.25 bits per heavy atom. The SMILES string of the molecule is CCCC(C)(CC)OC1CCC(F)(F)CC1. The van der Waals surface area contributed by atoms with Crippen molar-refractivity contribution in [3.63, 3.8) is 0 Å². The number of rotatable bonds is 5. The highest BCUT2D eigenvalue weighted by atomic mass is 19.3. The summed E-state index contributed by atoms with van der Waals surface area (Å²) in [4.78, 5) is 0. The van der Waals surface area contributed by atoms with Crippen molar-refractivity contribution in [2.75, 3.05) is 0 Å². The minimum absolute atomic E-state index is 0.0103. The number of hydrogen-bond acceptors (Lipinski definition) is 1. The summed E-state index contributed by atoms with van der Waals surface area (Å²) in [6.45, 7) is 6.34. The van der Waals surface area contributed by atoms with Gasteiger partial charge in [0.1, 0.15) is 0 Å². The maximum Gasteiger partial charge on any atom is 0.248 e. The van der Waals surface area contributed by atoms with Crippen molar-refractivity contribution in [3.8, 4) is 0 Å². The Kier molecular flexibility index (Phi) is 4.72. The Balaban J connectivity index is 2.42. The molecule has 0 spiro atoms. The molecule has 1 saturated carbocycles. The molecule has 0 amide bonds. The highest BCUT2D eigenvalue weighted by Gasteiger charge is 2.37. The predicted molar refractivity (Wildman–Crippen MR) is 61.9 cm³/mol. The molecule has 0 aromatic carbocycles. The van der Waals surface area contributed by atoms with Gasteiger partial charge in [-0.15, -0.1) is 0 Å². The molecule has 1 unspecified atom stereocenters. The van der Waals surface area contributed by atoms with Crippen molar-refractivity contribution in [2.24, 2.45) is 0 Å². The summed E-state index contributed by atoms with van der Waals surface area (Å²) in [5.74, 6) is -2.45. The molecule has 1 aliphatic carbocycles. The van der Waals surface area contributed by atoms with Gasteiger partial charge in [0.05, 0.1) is 11.7 Å². The highest BCUT2D eigenvalue weighted by Crippen LogP contribution is 2.36. The maximum atomic E-state index is 13.0. The third-order valence-corrected chi connectivity index (χ3v) is 3.64. The molecule has 0 radical (unpaired) electrons. The van der Waals surface area contributed by atoms with Gasteiger partial charge in [-0.25, -0.2) is 8.78 Å². The predicted octanol–water partition coefficient (Wildman–Crippen LogP) is 4.55. The van der Waals surface area contributed by atoms with E-state index in [1.165, 1.54) is 0 Å². The molecule has 0 aromatic rings. The van der Waals surface area contributed by atoms with Crippen molar-refractivity contribution in [2.45, 2.75) is 83.3 Å². The van der Waals surface area contributed by atoms with Gasteiger partial charge in [0.15, 0.2) is 0 Å². The van der Waals surface area contributed by atoms with Gasteiger partial charge in [-0.2, -0.15) is 0 Å². The van der Waals surface area contributed by atoms with Gasteiger partial charge >= 0.3 is 0 Å². The van der Waals surface area contributed by atoms with Crippen molar-refractivity contribution < 1.29 is 13.5 Å². The molecule has 16 heavy (non-hydrogen) atoms. The van der Waals surface area contributed by atoms with Crippen LogP contribution in [0.2, 0.25) is 0 Å². The van der Waals surface area contributed by atoms with Crippen LogP contribution in [-0.2, 0) is 4.74 Å². The summed E-state index contributed by atoms with van der Waals surface area (Å²) in [7, 11) is 0. The lowest BCUT2D eigenvalue weighted by Crippen LogP contribution is -2.37. The summed E-state index contributed by atoms with van der Waals surface area (Å²) in [6, 6.07) is 0. The fourth-order valence-corrected chi connectivity index (χ4v) is 2.38. The molecular weight excluding hydrogens is 210 g/mol. The van der Waals surface area contributed by atoms with Gasteiger partial charge in [-0.1, -0.05) is 20.3 Å². The van der Waals surface area contributed by atoms with E-state index in [1.54, 1.807) is 0 Å². The van der Waals surface area contributed by atoms with Crippen LogP contribution in [0.5, 0.6) is 0 Å². The molecule has 3 heteroatoms. The van der Waals surface area contributed by atoms with E-state index in [2.05, 4.69) is 20.8 Å². The lowest BCUT2D eigenvalue weighted by molar-refractivity contribution is -0.136. The molecule has 1 rings (SSSR count). The molecule has 0 N–H and O–H groups in total. The van der Waals surface area contributed by atoms with Crippen LogP contribution in [0.3, 0.4) is 0 Å². The molecule has 0 bridgehead atoms. The summed E-state index contributed by atoms with van der Waals surface area (Å²) in [5.41, 5.74) is -0.119. The van der Waals surface area contributed by atoms with E-state index in [4.69, 9.17) is 4.74 Å². The second-order valence-electron chi connectivity index (χ2n) is 5.23. The molecular formula is C13H24F2O. The zero-order chi connectivity index (χ0) is 12.2. The number of ether oxygens (including phenoxy) is 1. The quantitative estimate of drug-likeness (QED) is 0.678. The van der Waals surface area contributed by atoms with E-state index in [0.29, 0.717) is 12.8 Å². The van der Waals surface area contributed by atoms with Gasteiger partial charge in [0, 0.05) is 12.8 Å². The van der Waals surface area contributed by atoms with E-state index < -0.39 is 5.92 Å². The molecule has 0 aliphatic heterocycles. The lowest BCUT2D eigenvalue weighted by Gasteiger charge is -2.36. The number of hydrogen-bond donors (Lipinski definition) is 0. The first kappa shape index (κ1) is 13.9. The molecule has 0 saturated heterocycles. The molecule has 1 aliphatic rings. The Labute approximate surface area is 97.6 Å². The summed E-state index contributed by atoms with van der Waals surface area (Å²) in [6.07, 6.45) is 4.07. The molecule has 1 atom stereocenters. The van der Waals surface area contributed by atoms with Crippen LogP contribution in [0.4, 0.5) is 8.78 Å². The number of alkyl halides is 2. The first-order chi connectivity index (χ1) is 7.41. The zero-order valence-electron chi connectivity index (χ0n) is 10.7. The number of halogens is 2. The largest absolute Gasteiger partial charge is 0.372 e. The summed E-state index contributed by atoms with van der Waals surface area (Å²) in [5, 5.41) is 0. The van der Waals surface area contributed by atoms with E-state index in [1.807, 2.05) is 0 Å². The van der Waals surface area contributed by atoms with Crippen LogP contribution >= 0.6 is 0 Å². The molecule has 0 aromatic heterocycles. The van der Waals surface area contributed by atoms with Crippen molar-refractivity contribution in [1.29, 1.82) is 0 Å². The first-order valence-corrected chi connectivity index (χ1v) is 6.46. The summed E-state index contributed by atoms with van der Waals surface area (Å²) < 4.78 is 32.0. The van der Waals surface area contributed by atoms with Crippen molar-refractivity contribution >= 4 is 0 Å². The van der Waals surface area contributed by atoms with Crippen LogP contribution in [0.15, 0.2) is 0 Å². The Morgan fingerprint density at radius 3 is 2.25 bits per heavy atom. The first-order valence-electron chi connectivity index (χ1n) is 6.46. The minimum atomic E-state index is -2.45. The Hall–Kier alpha value is -0.180. The molecule has 1 nitrogen and oxygen atoms in total. The average Bonchev–Trinajstić information content (AvgIpc) is 2.22. The smallest absolute Gasteiger partial charge is 0.248 e. The standard InChI is InChI=1S/C13H24F2O/c1-4-8-12(3,5-2)16-11-6-9-13(14,15)10-7-11/h11H,4-10H2,1-3H3. The third-order valence-electron chi connectivity index (χ3n) is 3.64. The van der Waals surface area contributed by atoms with E-state index in [-0.39, 0.29) is 24.5 Å². The summed E-state index contributed by atoms with van der Waals surface area (Å²) >= 11 is 0. The minimum Gasteiger partial charge on any atom is -0.372 e. The zero-order valence-corrected chi connectivity index (χ0v) is 10.7. The molecule has 96 valence electrons. The topological polar surface area (TPSA) is 9.23 Å². The fourth-order valence-electron chi connectivity index (χ4n) is 2.38. The maximum absolute atomic E-state index is 13.0. The van der Waals surface area contributed by atoms with Crippen LogP contribution in [0.25, 0.3) is 0 Å². The highest BCUT2D eigenvalue weighted by molar-refractivity contribution is 4.82. The van der Waals surface area contributed by atoms with Gasteiger partial charge in [0.25, 0.3) is 0 Å². The fraction of sp³-hybridized carbons (Fsp3) is 1.00. The van der Waals surface area contributed by atoms with Crippen LogP contribution in [-0.4, -0.2) is 17.6 Å². The van der Waals surface area contributed by atoms with Crippen molar-refractivity contribution in [3.05, 3.63) is 0 Å². The van der Waals surface area contributed by atoms with E-state index in [9.17, 15) is 8.78 Å². The van der Waals surface area contributed by atoms with Gasteiger partial charge < -0.3 is 4.74 Å². The monoisotopic (exact) mass is 234 g/mol. The van der Waals surface area contributed by atoms with Crippen molar-refractivity contribution in [1.82, 2.24) is 0 Å². The van der Waals surface area contributed by atoms with Crippen LogP contribution in [0.1, 0.15) is 65.7 Å². The van der Waals surface area contributed by atoms with E-state index in [0.717, 1.165) is 19.3 Å². The van der Waals surface area contributed by atoms with Gasteiger partial charge in [0.2, 0.25) is 5.92 Å². The average molecular weight is 234 g/mol. The van der Waals surface area contributed by atoms with Crippen LogP contribution in [0, 0.1) is 0 Å². The Bertz CT molecular complexity index is 208. The van der Waals surface area contributed by atoms with Gasteiger partial charge in [-0.3, -0.25) is 0 Å². The normalized spacial score (nSPS) is 25.3. The molecule has 0 heterocycles. The lowest BCUT2D eigenvalue weighted by atomic mass is 9.91. The van der Waals surface area contributed by atoms with E-state index >= 15 is 0 Å². The second kappa shape index (κ2) is 5.44.